The van der Waals surface area contributed by atoms with Gasteiger partial charge in [-0.25, -0.2) is 0 Å². The first kappa shape index (κ1) is 15.3. The number of benzene rings is 2. The van der Waals surface area contributed by atoms with Gasteiger partial charge in [-0.15, -0.1) is 0 Å². The molecule has 1 unspecified atom stereocenters. The molecule has 0 radical (unpaired) electrons. The Morgan fingerprint density at radius 3 is 2.35 bits per heavy atom. The molecule has 1 nitrogen and oxygen atoms in total. The Morgan fingerprint density at radius 2 is 1.70 bits per heavy atom. The highest BCUT2D eigenvalue weighted by molar-refractivity contribution is 9.10. The summed E-state index contributed by atoms with van der Waals surface area (Å²) in [6.07, 6.45) is 1.14. The summed E-state index contributed by atoms with van der Waals surface area (Å²) in [6, 6.07) is 15.4. The number of aryl methyl sites for hydroxylation is 2. The third-order valence-corrected chi connectivity index (χ3v) is 4.13. The first-order valence-corrected chi connectivity index (χ1v) is 7.97. The second-order valence-electron chi connectivity index (χ2n) is 5.24. The highest BCUT2D eigenvalue weighted by atomic mass is 79.9. The molecule has 0 fully saturated rings. The van der Waals surface area contributed by atoms with Crippen LogP contribution in [0.2, 0.25) is 0 Å². The van der Waals surface area contributed by atoms with E-state index in [2.05, 4.69) is 84.5 Å². The topological polar surface area (TPSA) is 12.0 Å². The molecule has 0 saturated heterocycles. The van der Waals surface area contributed by atoms with Crippen molar-refractivity contribution in [2.45, 2.75) is 33.2 Å². The van der Waals surface area contributed by atoms with Crippen molar-refractivity contribution in [1.29, 1.82) is 0 Å². The van der Waals surface area contributed by atoms with Crippen LogP contribution in [-0.2, 0) is 0 Å². The maximum absolute atomic E-state index is 3.69. The van der Waals surface area contributed by atoms with Crippen LogP contribution in [0.25, 0.3) is 0 Å². The van der Waals surface area contributed by atoms with Crippen molar-refractivity contribution < 1.29 is 0 Å². The smallest absolute Gasteiger partial charge is 0.0581 e. The number of hydrogen-bond acceptors (Lipinski definition) is 1. The number of halogens is 1. The van der Waals surface area contributed by atoms with Crippen LogP contribution < -0.4 is 5.32 Å². The van der Waals surface area contributed by atoms with Crippen molar-refractivity contribution in [3.63, 3.8) is 0 Å². The fraction of sp³-hybridized carbons (Fsp3) is 0.333. The quantitative estimate of drug-likeness (QED) is 0.798. The van der Waals surface area contributed by atoms with Gasteiger partial charge in [-0.05, 0) is 61.2 Å². The van der Waals surface area contributed by atoms with Crippen LogP contribution in [0.4, 0.5) is 0 Å². The lowest BCUT2D eigenvalue weighted by Gasteiger charge is -2.23. The van der Waals surface area contributed by atoms with Gasteiger partial charge in [-0.2, -0.15) is 0 Å². The fourth-order valence-corrected chi connectivity index (χ4v) is 3.03. The average molecular weight is 332 g/mol. The molecule has 106 valence electrons. The lowest BCUT2D eigenvalue weighted by Crippen LogP contribution is -2.24. The molecule has 0 bridgehead atoms. The molecule has 20 heavy (non-hydrogen) atoms. The van der Waals surface area contributed by atoms with Crippen molar-refractivity contribution in [3.05, 3.63) is 69.2 Å². The Labute approximate surface area is 130 Å². The standard InChI is InChI=1S/C18H22BrN/c1-4-11-20-18(16-8-6-5-7-13(16)2)17-10-9-15(19)12-14(17)3/h5-10,12,18,20H,4,11H2,1-3H3. The van der Waals surface area contributed by atoms with Crippen LogP contribution in [0.3, 0.4) is 0 Å². The second kappa shape index (κ2) is 7.05. The van der Waals surface area contributed by atoms with E-state index < -0.39 is 0 Å². The second-order valence-corrected chi connectivity index (χ2v) is 6.16. The minimum absolute atomic E-state index is 0.268. The van der Waals surface area contributed by atoms with E-state index >= 15 is 0 Å². The monoisotopic (exact) mass is 331 g/mol. The lowest BCUT2D eigenvalue weighted by atomic mass is 9.92. The van der Waals surface area contributed by atoms with E-state index in [9.17, 15) is 0 Å². The predicted molar refractivity (Wildman–Crippen MR) is 90.2 cm³/mol. The zero-order valence-electron chi connectivity index (χ0n) is 12.4. The maximum Gasteiger partial charge on any atom is 0.0581 e. The summed E-state index contributed by atoms with van der Waals surface area (Å²) in [5.41, 5.74) is 5.38. The van der Waals surface area contributed by atoms with Gasteiger partial charge in [-0.3, -0.25) is 0 Å². The molecule has 1 N–H and O–H groups in total. The molecule has 0 aromatic heterocycles. The molecule has 0 heterocycles. The summed E-state index contributed by atoms with van der Waals surface area (Å²) in [5.74, 6) is 0. The van der Waals surface area contributed by atoms with Gasteiger partial charge in [0.2, 0.25) is 0 Å². The van der Waals surface area contributed by atoms with Crippen LogP contribution in [0.5, 0.6) is 0 Å². The van der Waals surface area contributed by atoms with Gasteiger partial charge >= 0.3 is 0 Å². The molecule has 0 aliphatic heterocycles. The zero-order chi connectivity index (χ0) is 14.5. The molecule has 2 rings (SSSR count). The van der Waals surface area contributed by atoms with Crippen LogP contribution >= 0.6 is 15.9 Å². The van der Waals surface area contributed by atoms with Gasteiger partial charge in [0, 0.05) is 4.47 Å². The van der Waals surface area contributed by atoms with Crippen LogP contribution in [0, 0.1) is 13.8 Å². The number of hydrogen-bond donors (Lipinski definition) is 1. The molecule has 1 atom stereocenters. The normalized spacial score (nSPS) is 12.4. The third kappa shape index (κ3) is 3.50. The van der Waals surface area contributed by atoms with E-state index in [1.165, 1.54) is 22.3 Å². The molecule has 2 heteroatoms. The molecule has 0 aliphatic rings. The number of rotatable bonds is 5. The van der Waals surface area contributed by atoms with Gasteiger partial charge in [0.1, 0.15) is 0 Å². The molecule has 0 spiro atoms. The van der Waals surface area contributed by atoms with Crippen molar-refractivity contribution >= 4 is 15.9 Å². The van der Waals surface area contributed by atoms with E-state index in [1.54, 1.807) is 0 Å². The molecule has 0 saturated carbocycles. The highest BCUT2D eigenvalue weighted by Gasteiger charge is 2.17. The van der Waals surface area contributed by atoms with Gasteiger partial charge in [0.15, 0.2) is 0 Å². The molecule has 0 amide bonds. The summed E-state index contributed by atoms with van der Waals surface area (Å²) in [5, 5.41) is 3.69. The van der Waals surface area contributed by atoms with Gasteiger partial charge < -0.3 is 5.32 Å². The van der Waals surface area contributed by atoms with Crippen LogP contribution in [0.15, 0.2) is 46.9 Å². The Kier molecular flexibility index (Phi) is 5.38. The summed E-state index contributed by atoms with van der Waals surface area (Å²) in [4.78, 5) is 0. The van der Waals surface area contributed by atoms with Crippen LogP contribution in [0.1, 0.15) is 41.6 Å². The molecule has 2 aromatic carbocycles. The van der Waals surface area contributed by atoms with E-state index in [0.29, 0.717) is 0 Å². The summed E-state index contributed by atoms with van der Waals surface area (Å²) < 4.78 is 1.14. The van der Waals surface area contributed by atoms with Gasteiger partial charge in [0.05, 0.1) is 6.04 Å². The highest BCUT2D eigenvalue weighted by Crippen LogP contribution is 2.28. The van der Waals surface area contributed by atoms with E-state index in [4.69, 9.17) is 0 Å². The van der Waals surface area contributed by atoms with Crippen molar-refractivity contribution in [3.8, 4) is 0 Å². The first-order chi connectivity index (χ1) is 9.63. The summed E-state index contributed by atoms with van der Waals surface area (Å²) in [6.45, 7) is 7.59. The van der Waals surface area contributed by atoms with Crippen LogP contribution in [-0.4, -0.2) is 6.54 Å². The molecular weight excluding hydrogens is 310 g/mol. The Balaban J connectivity index is 2.44. The summed E-state index contributed by atoms with van der Waals surface area (Å²) >= 11 is 3.55. The average Bonchev–Trinajstić information content (AvgIpc) is 2.42. The van der Waals surface area contributed by atoms with Crippen molar-refractivity contribution in [1.82, 2.24) is 5.32 Å². The molecule has 0 aliphatic carbocycles. The Morgan fingerprint density at radius 1 is 1.00 bits per heavy atom. The fourth-order valence-electron chi connectivity index (χ4n) is 2.55. The number of nitrogens with one attached hydrogen (secondary N) is 1. The summed E-state index contributed by atoms with van der Waals surface area (Å²) in [7, 11) is 0. The van der Waals surface area contributed by atoms with E-state index in [1.807, 2.05) is 0 Å². The predicted octanol–water partition coefficient (Wildman–Crippen LogP) is 5.15. The lowest BCUT2D eigenvalue weighted by molar-refractivity contribution is 0.594. The van der Waals surface area contributed by atoms with Crippen molar-refractivity contribution in [2.24, 2.45) is 0 Å². The van der Waals surface area contributed by atoms with E-state index in [0.717, 1.165) is 17.4 Å². The van der Waals surface area contributed by atoms with E-state index in [-0.39, 0.29) is 6.04 Å². The molecule has 2 aromatic rings. The van der Waals surface area contributed by atoms with Crippen molar-refractivity contribution in [2.75, 3.05) is 6.54 Å². The Bertz CT molecular complexity index is 577. The minimum atomic E-state index is 0.268. The zero-order valence-corrected chi connectivity index (χ0v) is 14.0. The third-order valence-electron chi connectivity index (χ3n) is 3.64. The molecular formula is C18H22BrN. The maximum atomic E-state index is 3.69. The Hall–Kier alpha value is -1.12. The minimum Gasteiger partial charge on any atom is -0.306 e. The first-order valence-electron chi connectivity index (χ1n) is 7.18. The SMILES string of the molecule is CCCNC(c1ccccc1C)c1ccc(Br)cc1C. The largest absolute Gasteiger partial charge is 0.306 e. The van der Waals surface area contributed by atoms with Gasteiger partial charge in [-0.1, -0.05) is 53.2 Å². The van der Waals surface area contributed by atoms with Gasteiger partial charge in [0.25, 0.3) is 0 Å².